The molecule has 0 amide bonds. The fraction of sp³-hybridized carbons (Fsp3) is 0.643. The predicted molar refractivity (Wildman–Crippen MR) is 69.1 cm³/mol. The minimum atomic E-state index is 0.499. The first kappa shape index (κ1) is 12.4. The first-order valence-corrected chi connectivity index (χ1v) is 6.50. The summed E-state index contributed by atoms with van der Waals surface area (Å²) in [7, 11) is 0. The lowest BCUT2D eigenvalue weighted by molar-refractivity contribution is 0.249. The van der Waals surface area contributed by atoms with E-state index in [1.54, 1.807) is 0 Å². The van der Waals surface area contributed by atoms with Gasteiger partial charge in [0.05, 0.1) is 6.61 Å². The fourth-order valence-corrected chi connectivity index (χ4v) is 2.58. The maximum atomic E-state index is 5.95. The number of hydrogen-bond acceptors (Lipinski definition) is 3. The van der Waals surface area contributed by atoms with Crippen LogP contribution in [0.5, 0.6) is 5.75 Å². The topological polar surface area (TPSA) is 48.1 Å². The van der Waals surface area contributed by atoms with Crippen LogP contribution in [0.25, 0.3) is 0 Å². The highest BCUT2D eigenvalue weighted by molar-refractivity contribution is 5.37. The van der Waals surface area contributed by atoms with Crippen LogP contribution >= 0.6 is 0 Å². The molecule has 0 saturated heterocycles. The summed E-state index contributed by atoms with van der Waals surface area (Å²) in [6.07, 6.45) is 5.32. The minimum absolute atomic E-state index is 0.499. The van der Waals surface area contributed by atoms with Crippen molar-refractivity contribution in [1.29, 1.82) is 0 Å². The van der Waals surface area contributed by atoms with Crippen molar-refractivity contribution in [1.82, 2.24) is 4.98 Å². The number of nitrogens with zero attached hydrogens (tertiary/aromatic N) is 1. The average Bonchev–Trinajstić information content (AvgIpc) is 2.78. The minimum Gasteiger partial charge on any atom is -0.493 e. The van der Waals surface area contributed by atoms with Crippen LogP contribution in [0.4, 0.5) is 0 Å². The third-order valence-electron chi connectivity index (χ3n) is 3.57. The highest BCUT2D eigenvalue weighted by Gasteiger charge is 2.16. The molecule has 1 aliphatic carbocycles. The third kappa shape index (κ3) is 2.97. The summed E-state index contributed by atoms with van der Waals surface area (Å²) in [5.41, 5.74) is 8.81. The molecule has 1 heterocycles. The summed E-state index contributed by atoms with van der Waals surface area (Å²) < 4.78 is 5.95. The second-order valence-corrected chi connectivity index (χ2v) is 4.99. The first-order valence-electron chi connectivity index (χ1n) is 6.50. The van der Waals surface area contributed by atoms with E-state index < -0.39 is 0 Å². The molecule has 0 aromatic carbocycles. The molecule has 17 heavy (non-hydrogen) atoms. The van der Waals surface area contributed by atoms with Crippen molar-refractivity contribution in [3.05, 3.63) is 23.0 Å². The molecule has 2 rings (SSSR count). The molecule has 0 radical (unpaired) electrons. The van der Waals surface area contributed by atoms with Crippen molar-refractivity contribution in [2.45, 2.75) is 46.1 Å². The summed E-state index contributed by atoms with van der Waals surface area (Å²) in [5.74, 6) is 1.67. The summed E-state index contributed by atoms with van der Waals surface area (Å²) >= 11 is 0. The summed E-state index contributed by atoms with van der Waals surface area (Å²) in [6, 6.07) is 2.00. The van der Waals surface area contributed by atoms with Crippen molar-refractivity contribution in [2.75, 3.05) is 6.61 Å². The zero-order chi connectivity index (χ0) is 12.3. The molecule has 94 valence electrons. The lowest BCUT2D eigenvalue weighted by Gasteiger charge is -2.16. The molecule has 0 aliphatic heterocycles. The van der Waals surface area contributed by atoms with Crippen LogP contribution in [0.15, 0.2) is 6.07 Å². The van der Waals surface area contributed by atoms with E-state index in [4.69, 9.17) is 10.5 Å². The number of nitrogens with two attached hydrogens (primary N) is 1. The smallest absolute Gasteiger partial charge is 0.127 e. The van der Waals surface area contributed by atoms with Gasteiger partial charge in [0.1, 0.15) is 5.75 Å². The SMILES string of the molecule is Cc1cc(OCC2CCCC2)c(CN)c(C)n1. The Hall–Kier alpha value is -1.09. The van der Waals surface area contributed by atoms with Gasteiger partial charge >= 0.3 is 0 Å². The molecular formula is C14H22N2O. The normalized spacial score (nSPS) is 16.4. The summed E-state index contributed by atoms with van der Waals surface area (Å²) in [4.78, 5) is 4.42. The molecule has 3 nitrogen and oxygen atoms in total. The fourth-order valence-electron chi connectivity index (χ4n) is 2.58. The Balaban J connectivity index is 2.07. The number of aryl methyl sites for hydroxylation is 2. The number of aromatic nitrogens is 1. The van der Waals surface area contributed by atoms with Crippen molar-refractivity contribution in [3.8, 4) is 5.75 Å². The van der Waals surface area contributed by atoms with Gasteiger partial charge in [0.2, 0.25) is 0 Å². The third-order valence-corrected chi connectivity index (χ3v) is 3.57. The molecule has 3 heteroatoms. The standard InChI is InChI=1S/C14H22N2O/c1-10-7-14(13(8-15)11(2)16-10)17-9-12-5-3-4-6-12/h7,12H,3-6,8-9,15H2,1-2H3. The number of pyridine rings is 1. The van der Waals surface area contributed by atoms with Crippen LogP contribution in [-0.2, 0) is 6.54 Å². The van der Waals surface area contributed by atoms with Gasteiger partial charge in [-0.05, 0) is 32.6 Å². The zero-order valence-electron chi connectivity index (χ0n) is 10.8. The van der Waals surface area contributed by atoms with Gasteiger partial charge in [0.25, 0.3) is 0 Å². The number of ether oxygens (including phenoxy) is 1. The van der Waals surface area contributed by atoms with Crippen LogP contribution in [0, 0.1) is 19.8 Å². The highest BCUT2D eigenvalue weighted by Crippen LogP contribution is 2.27. The van der Waals surface area contributed by atoms with Crippen molar-refractivity contribution < 1.29 is 4.74 Å². The van der Waals surface area contributed by atoms with E-state index in [0.717, 1.165) is 35.2 Å². The highest BCUT2D eigenvalue weighted by atomic mass is 16.5. The molecule has 0 atom stereocenters. The Kier molecular flexibility index (Phi) is 4.00. The van der Waals surface area contributed by atoms with Gasteiger partial charge in [0.15, 0.2) is 0 Å². The Bertz CT molecular complexity index is 384. The van der Waals surface area contributed by atoms with Crippen LogP contribution in [0.2, 0.25) is 0 Å². The van der Waals surface area contributed by atoms with E-state index in [1.807, 2.05) is 19.9 Å². The predicted octanol–water partition coefficient (Wildman–Crippen LogP) is 2.73. The van der Waals surface area contributed by atoms with E-state index in [9.17, 15) is 0 Å². The lowest BCUT2D eigenvalue weighted by Crippen LogP contribution is -2.12. The molecule has 0 unspecified atom stereocenters. The van der Waals surface area contributed by atoms with Gasteiger partial charge in [-0.3, -0.25) is 4.98 Å². The van der Waals surface area contributed by atoms with Crippen molar-refractivity contribution in [3.63, 3.8) is 0 Å². The molecule has 2 N–H and O–H groups in total. The summed E-state index contributed by atoms with van der Waals surface area (Å²) in [6.45, 7) is 5.32. The molecule has 1 aromatic heterocycles. The van der Waals surface area contributed by atoms with E-state index in [2.05, 4.69) is 4.98 Å². The number of hydrogen-bond donors (Lipinski definition) is 1. The Morgan fingerprint density at radius 1 is 1.35 bits per heavy atom. The van der Waals surface area contributed by atoms with Crippen molar-refractivity contribution >= 4 is 0 Å². The first-order chi connectivity index (χ1) is 8.20. The van der Waals surface area contributed by atoms with Gasteiger partial charge in [-0.25, -0.2) is 0 Å². The van der Waals surface area contributed by atoms with Gasteiger partial charge < -0.3 is 10.5 Å². The molecule has 1 fully saturated rings. The summed E-state index contributed by atoms with van der Waals surface area (Å²) in [5, 5.41) is 0. The molecule has 1 aliphatic rings. The van der Waals surface area contributed by atoms with E-state index >= 15 is 0 Å². The van der Waals surface area contributed by atoms with Gasteiger partial charge in [-0.15, -0.1) is 0 Å². The molecule has 0 bridgehead atoms. The lowest BCUT2D eigenvalue weighted by atomic mass is 10.1. The van der Waals surface area contributed by atoms with Crippen LogP contribution in [0.3, 0.4) is 0 Å². The Morgan fingerprint density at radius 2 is 2.06 bits per heavy atom. The molecule has 0 spiro atoms. The zero-order valence-corrected chi connectivity index (χ0v) is 10.8. The van der Waals surface area contributed by atoms with Gasteiger partial charge in [-0.2, -0.15) is 0 Å². The van der Waals surface area contributed by atoms with Gasteiger partial charge in [0, 0.05) is 29.6 Å². The van der Waals surface area contributed by atoms with Crippen LogP contribution < -0.4 is 10.5 Å². The van der Waals surface area contributed by atoms with Crippen molar-refractivity contribution in [2.24, 2.45) is 11.7 Å². The Morgan fingerprint density at radius 3 is 2.71 bits per heavy atom. The van der Waals surface area contributed by atoms with E-state index in [-0.39, 0.29) is 0 Å². The largest absolute Gasteiger partial charge is 0.493 e. The molecule has 1 aromatic rings. The Labute approximate surface area is 103 Å². The molecule has 1 saturated carbocycles. The van der Waals surface area contributed by atoms with E-state index in [0.29, 0.717) is 6.54 Å². The maximum absolute atomic E-state index is 5.95. The monoisotopic (exact) mass is 234 g/mol. The maximum Gasteiger partial charge on any atom is 0.127 e. The second kappa shape index (κ2) is 5.50. The quantitative estimate of drug-likeness (QED) is 0.871. The van der Waals surface area contributed by atoms with Crippen LogP contribution in [0.1, 0.15) is 42.6 Å². The second-order valence-electron chi connectivity index (χ2n) is 4.99. The number of rotatable bonds is 4. The van der Waals surface area contributed by atoms with Gasteiger partial charge in [-0.1, -0.05) is 12.8 Å². The average molecular weight is 234 g/mol. The molecular weight excluding hydrogens is 212 g/mol. The van der Waals surface area contributed by atoms with Crippen LogP contribution in [-0.4, -0.2) is 11.6 Å². The van der Waals surface area contributed by atoms with E-state index in [1.165, 1.54) is 25.7 Å².